The van der Waals surface area contributed by atoms with Crippen LogP contribution in [0.4, 0.5) is 5.13 Å². The zero-order valence-electron chi connectivity index (χ0n) is 11.3. The summed E-state index contributed by atoms with van der Waals surface area (Å²) < 4.78 is 4.74. The molecule has 1 fully saturated rings. The Morgan fingerprint density at radius 2 is 2.17 bits per heavy atom. The fourth-order valence-electron chi connectivity index (χ4n) is 2.47. The predicted octanol–water partition coefficient (Wildman–Crippen LogP) is 3.08. The molecule has 0 aliphatic heterocycles. The first-order valence-electron chi connectivity index (χ1n) is 6.35. The summed E-state index contributed by atoms with van der Waals surface area (Å²) in [6, 6.07) is 0.469. The number of carbonyl (C=O) groups excluding carboxylic acids is 1. The van der Waals surface area contributed by atoms with Crippen molar-refractivity contribution < 1.29 is 9.53 Å². The van der Waals surface area contributed by atoms with E-state index in [4.69, 9.17) is 4.74 Å². The minimum Gasteiger partial charge on any atom is -0.465 e. The van der Waals surface area contributed by atoms with E-state index in [1.165, 1.54) is 31.3 Å². The third-order valence-electron chi connectivity index (χ3n) is 3.94. The molecule has 0 saturated heterocycles. The summed E-state index contributed by atoms with van der Waals surface area (Å²) in [5.41, 5.74) is 0.744. The number of esters is 1. The summed E-state index contributed by atoms with van der Waals surface area (Å²) in [6.45, 7) is 6.41. The van der Waals surface area contributed by atoms with Crippen LogP contribution in [0.3, 0.4) is 0 Å². The normalized spacial score (nSPS) is 27.2. The highest BCUT2D eigenvalue weighted by atomic mass is 32.1. The number of anilines is 1. The van der Waals surface area contributed by atoms with E-state index in [2.05, 4.69) is 24.1 Å². The summed E-state index contributed by atoms with van der Waals surface area (Å²) in [5, 5.41) is 4.29. The van der Waals surface area contributed by atoms with Gasteiger partial charge in [-0.3, -0.25) is 0 Å². The van der Waals surface area contributed by atoms with Crippen LogP contribution < -0.4 is 5.32 Å². The molecule has 1 N–H and O–H groups in total. The maximum absolute atomic E-state index is 11.5. The summed E-state index contributed by atoms with van der Waals surface area (Å²) in [5.74, 6) is 1.10. The Hall–Kier alpha value is -1.10. The molecule has 0 spiro atoms. The number of aryl methyl sites for hydroxylation is 1. The van der Waals surface area contributed by atoms with Crippen LogP contribution in [0.5, 0.6) is 0 Å². The topological polar surface area (TPSA) is 51.2 Å². The average Bonchev–Trinajstić information content (AvgIpc) is 2.86. The lowest BCUT2D eigenvalue weighted by Crippen LogP contribution is -2.23. The van der Waals surface area contributed by atoms with Gasteiger partial charge in [-0.05, 0) is 31.6 Å². The zero-order chi connectivity index (χ0) is 13.3. The first kappa shape index (κ1) is 13.3. The molecule has 1 aliphatic carbocycles. The highest BCUT2D eigenvalue weighted by Crippen LogP contribution is 2.34. The SMILES string of the molecule is COC(=O)c1sc(NC2CCC(C)C2C)nc1C. The smallest absolute Gasteiger partial charge is 0.350 e. The van der Waals surface area contributed by atoms with Crippen molar-refractivity contribution in [1.29, 1.82) is 0 Å². The van der Waals surface area contributed by atoms with Crippen LogP contribution >= 0.6 is 11.3 Å². The molecule has 0 amide bonds. The second-order valence-electron chi connectivity index (χ2n) is 5.09. The van der Waals surface area contributed by atoms with Gasteiger partial charge in [-0.25, -0.2) is 9.78 Å². The lowest BCUT2D eigenvalue weighted by molar-refractivity contribution is 0.0605. The van der Waals surface area contributed by atoms with Crippen molar-refractivity contribution >= 4 is 22.4 Å². The largest absolute Gasteiger partial charge is 0.465 e. The lowest BCUT2D eigenvalue weighted by Gasteiger charge is -2.18. The average molecular weight is 268 g/mol. The molecule has 3 unspecified atom stereocenters. The van der Waals surface area contributed by atoms with E-state index in [0.29, 0.717) is 16.8 Å². The lowest BCUT2D eigenvalue weighted by atomic mass is 9.98. The van der Waals surface area contributed by atoms with Gasteiger partial charge in [-0.2, -0.15) is 0 Å². The summed E-state index contributed by atoms with van der Waals surface area (Å²) >= 11 is 1.39. The Morgan fingerprint density at radius 3 is 2.72 bits per heavy atom. The van der Waals surface area contributed by atoms with Gasteiger partial charge in [0.2, 0.25) is 0 Å². The maximum atomic E-state index is 11.5. The van der Waals surface area contributed by atoms with E-state index < -0.39 is 0 Å². The number of nitrogens with zero attached hydrogens (tertiary/aromatic N) is 1. The molecule has 0 radical (unpaired) electrons. The van der Waals surface area contributed by atoms with Crippen LogP contribution in [-0.4, -0.2) is 24.1 Å². The Bertz CT molecular complexity index is 444. The van der Waals surface area contributed by atoms with Crippen LogP contribution in [0.15, 0.2) is 0 Å². The van der Waals surface area contributed by atoms with Crippen molar-refractivity contribution in [3.63, 3.8) is 0 Å². The maximum Gasteiger partial charge on any atom is 0.350 e. The quantitative estimate of drug-likeness (QED) is 0.856. The standard InChI is InChI=1S/C13H20N2O2S/c1-7-5-6-10(8(7)2)15-13-14-9(3)11(18-13)12(16)17-4/h7-8,10H,5-6H2,1-4H3,(H,14,15). The molecule has 5 heteroatoms. The van der Waals surface area contributed by atoms with E-state index >= 15 is 0 Å². The molecule has 1 aromatic rings. The van der Waals surface area contributed by atoms with Crippen LogP contribution in [0, 0.1) is 18.8 Å². The van der Waals surface area contributed by atoms with Crippen LogP contribution in [-0.2, 0) is 4.74 Å². The number of rotatable bonds is 3. The highest BCUT2D eigenvalue weighted by molar-refractivity contribution is 7.17. The molecule has 3 atom stereocenters. The van der Waals surface area contributed by atoms with Crippen LogP contribution in [0.2, 0.25) is 0 Å². The number of hydrogen-bond donors (Lipinski definition) is 1. The van der Waals surface area contributed by atoms with Gasteiger partial charge in [0.25, 0.3) is 0 Å². The van der Waals surface area contributed by atoms with Crippen molar-refractivity contribution in [3.05, 3.63) is 10.6 Å². The first-order valence-corrected chi connectivity index (χ1v) is 7.16. The highest BCUT2D eigenvalue weighted by Gasteiger charge is 2.30. The number of carbonyl (C=O) groups is 1. The molecular formula is C13H20N2O2S. The molecule has 1 aliphatic rings. The van der Waals surface area contributed by atoms with Gasteiger partial charge in [-0.1, -0.05) is 25.2 Å². The Labute approximate surface area is 112 Å². The van der Waals surface area contributed by atoms with E-state index in [1.54, 1.807) is 0 Å². The second kappa shape index (κ2) is 5.26. The van der Waals surface area contributed by atoms with E-state index in [1.807, 2.05) is 6.92 Å². The van der Waals surface area contributed by atoms with Gasteiger partial charge in [0.15, 0.2) is 5.13 Å². The van der Waals surface area contributed by atoms with Crippen molar-refractivity contribution in [2.75, 3.05) is 12.4 Å². The van der Waals surface area contributed by atoms with E-state index in [-0.39, 0.29) is 5.97 Å². The minimum atomic E-state index is -0.300. The number of methoxy groups -OCH3 is 1. The van der Waals surface area contributed by atoms with Crippen molar-refractivity contribution in [3.8, 4) is 0 Å². The molecule has 18 heavy (non-hydrogen) atoms. The van der Waals surface area contributed by atoms with Crippen molar-refractivity contribution in [2.45, 2.75) is 39.7 Å². The molecule has 100 valence electrons. The van der Waals surface area contributed by atoms with Crippen molar-refractivity contribution in [2.24, 2.45) is 11.8 Å². The fraction of sp³-hybridized carbons (Fsp3) is 0.692. The summed E-state index contributed by atoms with van der Waals surface area (Å²) in [7, 11) is 1.40. The number of ether oxygens (including phenoxy) is 1. The molecule has 4 nitrogen and oxygen atoms in total. The Kier molecular flexibility index (Phi) is 3.90. The van der Waals surface area contributed by atoms with Gasteiger partial charge < -0.3 is 10.1 Å². The van der Waals surface area contributed by atoms with Crippen LogP contribution in [0.1, 0.15) is 42.1 Å². The number of aromatic nitrogens is 1. The Balaban J connectivity index is 2.09. The predicted molar refractivity (Wildman–Crippen MR) is 73.2 cm³/mol. The molecule has 0 aromatic carbocycles. The van der Waals surface area contributed by atoms with Gasteiger partial charge >= 0.3 is 5.97 Å². The third-order valence-corrected chi connectivity index (χ3v) is 5.01. The molecule has 0 bridgehead atoms. The number of thiazole rings is 1. The minimum absolute atomic E-state index is 0.300. The van der Waals surface area contributed by atoms with E-state index in [9.17, 15) is 4.79 Å². The van der Waals surface area contributed by atoms with Gasteiger partial charge in [0.05, 0.1) is 12.8 Å². The first-order chi connectivity index (χ1) is 8.52. The van der Waals surface area contributed by atoms with Gasteiger partial charge in [-0.15, -0.1) is 0 Å². The third kappa shape index (κ3) is 2.51. The molecular weight excluding hydrogens is 248 g/mol. The fourth-order valence-corrected chi connectivity index (χ4v) is 3.41. The molecule has 1 saturated carbocycles. The Morgan fingerprint density at radius 1 is 1.44 bits per heavy atom. The molecule has 1 heterocycles. The van der Waals surface area contributed by atoms with Crippen molar-refractivity contribution in [1.82, 2.24) is 4.98 Å². The van der Waals surface area contributed by atoms with Gasteiger partial charge in [0, 0.05) is 6.04 Å². The van der Waals surface area contributed by atoms with E-state index in [0.717, 1.165) is 16.7 Å². The van der Waals surface area contributed by atoms with Crippen LogP contribution in [0.25, 0.3) is 0 Å². The number of hydrogen-bond acceptors (Lipinski definition) is 5. The second-order valence-corrected chi connectivity index (χ2v) is 6.09. The summed E-state index contributed by atoms with van der Waals surface area (Å²) in [6.07, 6.45) is 2.43. The number of nitrogens with one attached hydrogen (secondary N) is 1. The zero-order valence-corrected chi connectivity index (χ0v) is 12.1. The summed E-state index contributed by atoms with van der Waals surface area (Å²) in [4.78, 5) is 16.5. The molecule has 2 rings (SSSR count). The molecule has 1 aromatic heterocycles. The monoisotopic (exact) mass is 268 g/mol. The van der Waals surface area contributed by atoms with Gasteiger partial charge in [0.1, 0.15) is 4.88 Å².